The minimum atomic E-state index is -1.02. The van der Waals surface area contributed by atoms with Crippen LogP contribution in [0, 0.1) is 0 Å². The molecule has 0 saturated carbocycles. The van der Waals surface area contributed by atoms with Crippen molar-refractivity contribution in [3.05, 3.63) is 28.8 Å². The second kappa shape index (κ2) is 3.15. The molecular formula is C7H5ClO2S. The van der Waals surface area contributed by atoms with Crippen molar-refractivity contribution in [3.8, 4) is 0 Å². The zero-order chi connectivity index (χ0) is 8.43. The van der Waals surface area contributed by atoms with Crippen LogP contribution < -0.4 is 0 Å². The Labute approximate surface area is 74.2 Å². The van der Waals surface area contributed by atoms with Crippen molar-refractivity contribution < 1.29 is 9.90 Å². The molecule has 0 bridgehead atoms. The number of carboxylic acid groups (broad SMARTS) is 1. The SMILES string of the molecule is O=C(O)c1cc(Cl)ccc1S. The zero-order valence-corrected chi connectivity index (χ0v) is 7.06. The minimum absolute atomic E-state index is 0.126. The summed E-state index contributed by atoms with van der Waals surface area (Å²) in [5.41, 5.74) is 0.126. The molecule has 0 aliphatic rings. The third-order valence-electron chi connectivity index (χ3n) is 1.19. The van der Waals surface area contributed by atoms with E-state index in [1.165, 1.54) is 6.07 Å². The molecule has 0 radical (unpaired) electrons. The molecule has 58 valence electrons. The van der Waals surface area contributed by atoms with E-state index >= 15 is 0 Å². The van der Waals surface area contributed by atoms with Crippen molar-refractivity contribution >= 4 is 30.2 Å². The number of aromatic carboxylic acids is 1. The maximum Gasteiger partial charge on any atom is 0.336 e. The van der Waals surface area contributed by atoms with Crippen LogP contribution >= 0.6 is 24.2 Å². The van der Waals surface area contributed by atoms with Crippen molar-refractivity contribution in [2.24, 2.45) is 0 Å². The zero-order valence-electron chi connectivity index (χ0n) is 5.41. The predicted octanol–water partition coefficient (Wildman–Crippen LogP) is 2.33. The number of hydrogen-bond acceptors (Lipinski definition) is 2. The van der Waals surface area contributed by atoms with Crippen LogP contribution in [0.3, 0.4) is 0 Å². The van der Waals surface area contributed by atoms with Gasteiger partial charge in [-0.1, -0.05) is 11.6 Å². The number of carbonyl (C=O) groups is 1. The van der Waals surface area contributed by atoms with Gasteiger partial charge in [-0.15, -0.1) is 12.6 Å². The van der Waals surface area contributed by atoms with E-state index in [0.717, 1.165) is 0 Å². The van der Waals surface area contributed by atoms with Crippen LogP contribution in [0.1, 0.15) is 10.4 Å². The molecule has 2 nitrogen and oxygen atoms in total. The Balaban J connectivity index is 3.23. The van der Waals surface area contributed by atoms with E-state index in [9.17, 15) is 4.79 Å². The molecule has 0 fully saturated rings. The smallest absolute Gasteiger partial charge is 0.336 e. The van der Waals surface area contributed by atoms with E-state index in [4.69, 9.17) is 16.7 Å². The van der Waals surface area contributed by atoms with E-state index in [-0.39, 0.29) is 5.56 Å². The number of benzene rings is 1. The summed E-state index contributed by atoms with van der Waals surface area (Å²) in [7, 11) is 0. The largest absolute Gasteiger partial charge is 0.478 e. The quantitative estimate of drug-likeness (QED) is 0.664. The highest BCUT2D eigenvalue weighted by atomic mass is 35.5. The van der Waals surface area contributed by atoms with Crippen LogP contribution in [0.15, 0.2) is 23.1 Å². The fourth-order valence-electron chi connectivity index (χ4n) is 0.680. The second-order valence-corrected chi connectivity index (χ2v) is 2.88. The van der Waals surface area contributed by atoms with Crippen LogP contribution in [0.2, 0.25) is 5.02 Å². The lowest BCUT2D eigenvalue weighted by Gasteiger charge is -1.98. The molecule has 1 rings (SSSR count). The van der Waals surface area contributed by atoms with E-state index in [0.29, 0.717) is 9.92 Å². The Hall–Kier alpha value is -0.670. The Morgan fingerprint density at radius 3 is 2.64 bits per heavy atom. The van der Waals surface area contributed by atoms with Gasteiger partial charge in [0.05, 0.1) is 5.56 Å². The fraction of sp³-hybridized carbons (Fsp3) is 0. The molecule has 0 spiro atoms. The second-order valence-electron chi connectivity index (χ2n) is 1.97. The highest BCUT2D eigenvalue weighted by Crippen LogP contribution is 2.18. The van der Waals surface area contributed by atoms with Crippen LogP contribution in [0.4, 0.5) is 0 Å². The van der Waals surface area contributed by atoms with Gasteiger partial charge in [0, 0.05) is 9.92 Å². The molecule has 0 aromatic heterocycles. The lowest BCUT2D eigenvalue weighted by molar-refractivity contribution is 0.0693. The first-order chi connectivity index (χ1) is 5.11. The first kappa shape index (κ1) is 8.43. The summed E-state index contributed by atoms with van der Waals surface area (Å²) >= 11 is 9.51. The molecule has 1 aromatic rings. The molecule has 1 N–H and O–H groups in total. The molecule has 0 aliphatic carbocycles. The van der Waals surface area contributed by atoms with Gasteiger partial charge < -0.3 is 5.11 Å². The molecule has 0 aliphatic heterocycles. The van der Waals surface area contributed by atoms with Gasteiger partial charge in [-0.3, -0.25) is 0 Å². The summed E-state index contributed by atoms with van der Waals surface area (Å²) in [4.78, 5) is 10.9. The molecular weight excluding hydrogens is 184 g/mol. The number of thiol groups is 1. The maximum absolute atomic E-state index is 10.5. The summed E-state index contributed by atoms with van der Waals surface area (Å²) in [6.45, 7) is 0. The molecule has 4 heteroatoms. The minimum Gasteiger partial charge on any atom is -0.478 e. The molecule has 0 atom stereocenters. The average molecular weight is 189 g/mol. The number of rotatable bonds is 1. The molecule has 0 amide bonds. The number of carboxylic acids is 1. The average Bonchev–Trinajstić information content (AvgIpc) is 1.94. The Bertz CT molecular complexity index is 298. The van der Waals surface area contributed by atoms with E-state index in [1.54, 1.807) is 12.1 Å². The number of hydrogen-bond donors (Lipinski definition) is 2. The Morgan fingerprint density at radius 1 is 1.55 bits per heavy atom. The monoisotopic (exact) mass is 188 g/mol. The van der Waals surface area contributed by atoms with Crippen molar-refractivity contribution in [2.75, 3.05) is 0 Å². The lowest BCUT2D eigenvalue weighted by atomic mass is 10.2. The van der Waals surface area contributed by atoms with Crippen LogP contribution in [0.5, 0.6) is 0 Å². The van der Waals surface area contributed by atoms with Gasteiger partial charge >= 0.3 is 5.97 Å². The van der Waals surface area contributed by atoms with Gasteiger partial charge in [0.15, 0.2) is 0 Å². The summed E-state index contributed by atoms with van der Waals surface area (Å²) in [6.07, 6.45) is 0. The summed E-state index contributed by atoms with van der Waals surface area (Å²) in [5.74, 6) is -1.02. The summed E-state index contributed by atoms with van der Waals surface area (Å²) in [6, 6.07) is 4.51. The van der Waals surface area contributed by atoms with Crippen molar-refractivity contribution in [3.63, 3.8) is 0 Å². The standard InChI is InChI=1S/C7H5ClO2S/c8-4-1-2-6(11)5(3-4)7(9)10/h1-3,11H,(H,9,10). The molecule has 0 unspecified atom stereocenters. The highest BCUT2D eigenvalue weighted by Gasteiger charge is 2.06. The molecule has 0 saturated heterocycles. The van der Waals surface area contributed by atoms with Gasteiger partial charge in [-0.05, 0) is 18.2 Å². The molecule has 11 heavy (non-hydrogen) atoms. The summed E-state index contributed by atoms with van der Waals surface area (Å²) < 4.78 is 0. The fourth-order valence-corrected chi connectivity index (χ4v) is 1.09. The predicted molar refractivity (Wildman–Crippen MR) is 45.7 cm³/mol. The Morgan fingerprint density at radius 2 is 2.18 bits per heavy atom. The normalized spacial score (nSPS) is 9.64. The molecule has 1 aromatic carbocycles. The van der Waals surface area contributed by atoms with Gasteiger partial charge in [-0.2, -0.15) is 0 Å². The number of halogens is 1. The van der Waals surface area contributed by atoms with Crippen molar-refractivity contribution in [2.45, 2.75) is 4.90 Å². The topological polar surface area (TPSA) is 37.3 Å². The molecule has 0 heterocycles. The third-order valence-corrected chi connectivity index (χ3v) is 1.81. The van der Waals surface area contributed by atoms with Crippen molar-refractivity contribution in [1.29, 1.82) is 0 Å². The van der Waals surface area contributed by atoms with Crippen LogP contribution in [-0.2, 0) is 0 Å². The maximum atomic E-state index is 10.5. The van der Waals surface area contributed by atoms with E-state index in [1.807, 2.05) is 0 Å². The van der Waals surface area contributed by atoms with Gasteiger partial charge in [-0.25, -0.2) is 4.79 Å². The van der Waals surface area contributed by atoms with E-state index < -0.39 is 5.97 Å². The lowest BCUT2D eigenvalue weighted by Crippen LogP contribution is -1.96. The third kappa shape index (κ3) is 1.88. The van der Waals surface area contributed by atoms with Crippen LogP contribution in [0.25, 0.3) is 0 Å². The van der Waals surface area contributed by atoms with Gasteiger partial charge in [0.25, 0.3) is 0 Å². The van der Waals surface area contributed by atoms with E-state index in [2.05, 4.69) is 12.6 Å². The van der Waals surface area contributed by atoms with Crippen LogP contribution in [-0.4, -0.2) is 11.1 Å². The van der Waals surface area contributed by atoms with Gasteiger partial charge in [0.1, 0.15) is 0 Å². The first-order valence-electron chi connectivity index (χ1n) is 2.83. The van der Waals surface area contributed by atoms with Gasteiger partial charge in [0.2, 0.25) is 0 Å². The highest BCUT2D eigenvalue weighted by molar-refractivity contribution is 7.80. The summed E-state index contributed by atoms with van der Waals surface area (Å²) in [5, 5.41) is 8.99. The Kier molecular flexibility index (Phi) is 2.42. The van der Waals surface area contributed by atoms with Crippen molar-refractivity contribution in [1.82, 2.24) is 0 Å². The first-order valence-corrected chi connectivity index (χ1v) is 3.65.